The number of hydrogen-bond acceptors (Lipinski definition) is 7. The largest absolute Gasteiger partial charge is 0.462 e. The van der Waals surface area contributed by atoms with Crippen molar-refractivity contribution in [1.29, 1.82) is 5.26 Å². The van der Waals surface area contributed by atoms with Gasteiger partial charge in [-0.15, -0.1) is 5.11 Å². The molecule has 1 aliphatic rings. The SMILES string of the molecule is CCOC(=O)/C(C#N)=C1/N=NNN1c1ccccc1. The fraction of sp³-hybridized carbons (Fsp3) is 0.167. The minimum atomic E-state index is -0.719. The van der Waals surface area contributed by atoms with E-state index in [1.165, 1.54) is 5.01 Å². The van der Waals surface area contributed by atoms with E-state index in [2.05, 4.69) is 15.9 Å². The first-order valence-electron chi connectivity index (χ1n) is 5.61. The molecule has 1 heterocycles. The zero-order valence-corrected chi connectivity index (χ0v) is 10.2. The van der Waals surface area contributed by atoms with Gasteiger partial charge in [-0.3, -0.25) is 0 Å². The van der Waals surface area contributed by atoms with Gasteiger partial charge in [-0.25, -0.2) is 9.80 Å². The van der Waals surface area contributed by atoms with Crippen LogP contribution in [-0.4, -0.2) is 12.6 Å². The molecule has 0 spiro atoms. The van der Waals surface area contributed by atoms with Crippen molar-refractivity contribution in [3.63, 3.8) is 0 Å². The first-order valence-corrected chi connectivity index (χ1v) is 5.61. The van der Waals surface area contributed by atoms with E-state index >= 15 is 0 Å². The second kappa shape index (κ2) is 5.64. The van der Waals surface area contributed by atoms with E-state index < -0.39 is 5.97 Å². The zero-order valence-electron chi connectivity index (χ0n) is 10.2. The van der Waals surface area contributed by atoms with Crippen LogP contribution in [0.2, 0.25) is 0 Å². The minimum absolute atomic E-state index is 0.118. The van der Waals surface area contributed by atoms with E-state index in [1.807, 2.05) is 18.2 Å². The number of nitriles is 1. The highest BCUT2D eigenvalue weighted by atomic mass is 16.5. The van der Waals surface area contributed by atoms with Gasteiger partial charge in [0.25, 0.3) is 0 Å². The summed E-state index contributed by atoms with van der Waals surface area (Å²) in [6.07, 6.45) is 0. The molecule has 2 rings (SSSR count). The van der Waals surface area contributed by atoms with Crippen molar-refractivity contribution in [1.82, 2.24) is 5.53 Å². The van der Waals surface area contributed by atoms with E-state index in [9.17, 15) is 4.79 Å². The summed E-state index contributed by atoms with van der Waals surface area (Å²) < 4.78 is 4.82. The Morgan fingerprint density at radius 3 is 2.84 bits per heavy atom. The number of ether oxygens (including phenoxy) is 1. The number of esters is 1. The van der Waals surface area contributed by atoms with Gasteiger partial charge in [-0.1, -0.05) is 23.4 Å². The monoisotopic (exact) mass is 257 g/mol. The van der Waals surface area contributed by atoms with Crippen LogP contribution in [0.5, 0.6) is 0 Å². The van der Waals surface area contributed by atoms with Gasteiger partial charge >= 0.3 is 5.97 Å². The Balaban J connectivity index is 2.39. The van der Waals surface area contributed by atoms with Crippen molar-refractivity contribution < 1.29 is 9.53 Å². The molecule has 0 saturated heterocycles. The summed E-state index contributed by atoms with van der Waals surface area (Å²) >= 11 is 0. The van der Waals surface area contributed by atoms with Crippen molar-refractivity contribution in [2.45, 2.75) is 6.92 Å². The van der Waals surface area contributed by atoms with Gasteiger partial charge in [0.05, 0.1) is 12.3 Å². The Morgan fingerprint density at radius 1 is 1.47 bits per heavy atom. The molecular weight excluding hydrogens is 246 g/mol. The lowest BCUT2D eigenvalue weighted by atomic mass is 10.2. The Labute approximate surface area is 109 Å². The minimum Gasteiger partial charge on any atom is -0.462 e. The van der Waals surface area contributed by atoms with E-state index in [4.69, 9.17) is 10.00 Å². The smallest absolute Gasteiger partial charge is 0.352 e. The second-order valence-corrected chi connectivity index (χ2v) is 3.50. The maximum absolute atomic E-state index is 11.7. The molecule has 0 bridgehead atoms. The third-order valence-electron chi connectivity index (χ3n) is 2.33. The molecule has 0 amide bonds. The first-order chi connectivity index (χ1) is 9.27. The van der Waals surface area contributed by atoms with Crippen LogP contribution in [0.3, 0.4) is 0 Å². The molecule has 1 aromatic carbocycles. The number of nitrogens with zero attached hydrogens (tertiary/aromatic N) is 4. The molecule has 0 fully saturated rings. The Bertz CT molecular complexity index is 574. The van der Waals surface area contributed by atoms with Crippen molar-refractivity contribution in [3.05, 3.63) is 41.7 Å². The zero-order chi connectivity index (χ0) is 13.7. The molecule has 0 unspecified atom stereocenters. The normalized spacial score (nSPS) is 15.7. The summed E-state index contributed by atoms with van der Waals surface area (Å²) in [4.78, 5) is 11.7. The predicted octanol–water partition coefficient (Wildman–Crippen LogP) is 1.68. The van der Waals surface area contributed by atoms with Gasteiger partial charge < -0.3 is 4.74 Å². The number of carbonyl (C=O) groups is 1. The maximum atomic E-state index is 11.7. The molecule has 0 aromatic heterocycles. The highest BCUT2D eigenvalue weighted by Crippen LogP contribution is 2.23. The van der Waals surface area contributed by atoms with Crippen LogP contribution >= 0.6 is 0 Å². The Hall–Kier alpha value is -2.88. The Morgan fingerprint density at radius 2 is 2.21 bits per heavy atom. The molecule has 19 heavy (non-hydrogen) atoms. The van der Waals surface area contributed by atoms with Crippen LogP contribution in [0.25, 0.3) is 0 Å². The lowest BCUT2D eigenvalue weighted by Crippen LogP contribution is -2.30. The number of hydrazine groups is 1. The van der Waals surface area contributed by atoms with Crippen molar-refractivity contribution >= 4 is 11.7 Å². The number of anilines is 1. The highest BCUT2D eigenvalue weighted by molar-refractivity contribution is 5.94. The number of rotatable bonds is 3. The quantitative estimate of drug-likeness (QED) is 0.505. The molecule has 1 N–H and O–H groups in total. The number of benzene rings is 1. The van der Waals surface area contributed by atoms with E-state index in [1.54, 1.807) is 25.1 Å². The lowest BCUT2D eigenvalue weighted by Gasteiger charge is -2.17. The summed E-state index contributed by atoms with van der Waals surface area (Å²) in [6.45, 7) is 1.86. The highest BCUT2D eigenvalue weighted by Gasteiger charge is 2.26. The fourth-order valence-electron chi connectivity index (χ4n) is 1.52. The first kappa shape index (κ1) is 12.6. The summed E-state index contributed by atoms with van der Waals surface area (Å²) in [5.74, 6) is -0.601. The third-order valence-corrected chi connectivity index (χ3v) is 2.33. The summed E-state index contributed by atoms with van der Waals surface area (Å²) in [5, 5.41) is 17.9. The van der Waals surface area contributed by atoms with Crippen LogP contribution in [-0.2, 0) is 9.53 Å². The van der Waals surface area contributed by atoms with Crippen LogP contribution in [0.1, 0.15) is 6.92 Å². The average molecular weight is 257 g/mol. The predicted molar refractivity (Wildman–Crippen MR) is 66.2 cm³/mol. The third kappa shape index (κ3) is 2.52. The summed E-state index contributed by atoms with van der Waals surface area (Å²) in [5.41, 5.74) is 3.12. The molecule has 0 saturated carbocycles. The molecular formula is C12H11N5O2. The van der Waals surface area contributed by atoms with Gasteiger partial charge in [0, 0.05) is 0 Å². The molecule has 1 aliphatic heterocycles. The number of nitrogens with one attached hydrogen (secondary N) is 1. The van der Waals surface area contributed by atoms with Gasteiger partial charge in [-0.2, -0.15) is 10.8 Å². The molecule has 0 aliphatic carbocycles. The number of carbonyl (C=O) groups excluding carboxylic acids is 1. The van der Waals surface area contributed by atoms with Gasteiger partial charge in [-0.05, 0) is 19.1 Å². The van der Waals surface area contributed by atoms with Crippen molar-refractivity contribution in [2.75, 3.05) is 11.6 Å². The molecule has 0 radical (unpaired) electrons. The van der Waals surface area contributed by atoms with E-state index in [0.717, 1.165) is 0 Å². The second-order valence-electron chi connectivity index (χ2n) is 3.50. The van der Waals surface area contributed by atoms with Crippen molar-refractivity contribution in [3.8, 4) is 6.07 Å². The van der Waals surface area contributed by atoms with E-state index in [0.29, 0.717) is 5.69 Å². The lowest BCUT2D eigenvalue weighted by molar-refractivity contribution is -0.138. The fourth-order valence-corrected chi connectivity index (χ4v) is 1.52. The number of hydrogen-bond donors (Lipinski definition) is 1. The molecule has 1 aromatic rings. The van der Waals surface area contributed by atoms with Crippen molar-refractivity contribution in [2.24, 2.45) is 10.3 Å². The standard InChI is InChI=1S/C12H11N5O2/c1-2-19-12(18)10(8-13)11-14-15-16-17(11)9-6-4-3-5-7-9/h3-7H,2H2,1H3,(H,14,16)/b11-10-. The molecule has 0 atom stereocenters. The van der Waals surface area contributed by atoms with Gasteiger partial charge in [0.2, 0.25) is 5.82 Å². The molecule has 7 heteroatoms. The topological polar surface area (TPSA) is 90.1 Å². The average Bonchev–Trinajstić information content (AvgIpc) is 2.90. The molecule has 7 nitrogen and oxygen atoms in total. The summed E-state index contributed by atoms with van der Waals surface area (Å²) in [6, 6.07) is 10.9. The van der Waals surface area contributed by atoms with Crippen LogP contribution < -0.4 is 10.5 Å². The van der Waals surface area contributed by atoms with Gasteiger partial charge in [0.15, 0.2) is 5.57 Å². The summed E-state index contributed by atoms with van der Waals surface area (Å²) in [7, 11) is 0. The number of para-hydroxylation sites is 1. The van der Waals surface area contributed by atoms with Crippen LogP contribution in [0.4, 0.5) is 5.69 Å². The Kier molecular flexibility index (Phi) is 3.73. The van der Waals surface area contributed by atoms with Gasteiger partial charge in [0.1, 0.15) is 6.07 Å². The molecule has 96 valence electrons. The van der Waals surface area contributed by atoms with Crippen LogP contribution in [0, 0.1) is 11.3 Å². The maximum Gasteiger partial charge on any atom is 0.352 e. The van der Waals surface area contributed by atoms with E-state index in [-0.39, 0.29) is 18.0 Å². The van der Waals surface area contributed by atoms with Crippen LogP contribution in [0.15, 0.2) is 52.1 Å².